The number of hydrogen-bond donors (Lipinski definition) is 1. The minimum Gasteiger partial charge on any atom is -0.494 e. The van der Waals surface area contributed by atoms with Crippen LogP contribution in [0.5, 0.6) is 5.75 Å². The Hall–Kier alpha value is -3.63. The van der Waals surface area contributed by atoms with Crippen molar-refractivity contribution in [1.29, 1.82) is 0 Å². The molecule has 0 spiro atoms. The van der Waals surface area contributed by atoms with Gasteiger partial charge in [-0.2, -0.15) is 0 Å². The van der Waals surface area contributed by atoms with Gasteiger partial charge < -0.3 is 15.0 Å². The average molecular weight is 604 g/mol. The van der Waals surface area contributed by atoms with Crippen molar-refractivity contribution in [3.8, 4) is 5.75 Å². The van der Waals surface area contributed by atoms with E-state index in [4.69, 9.17) is 16.3 Å². The van der Waals surface area contributed by atoms with Crippen molar-refractivity contribution in [3.05, 3.63) is 89.2 Å². The van der Waals surface area contributed by atoms with Crippen LogP contribution in [-0.4, -0.2) is 50.4 Å². The topological polar surface area (TPSA) is 96.0 Å². The van der Waals surface area contributed by atoms with E-state index in [-0.39, 0.29) is 29.1 Å². The van der Waals surface area contributed by atoms with Crippen LogP contribution < -0.4 is 14.4 Å². The second-order valence-electron chi connectivity index (χ2n) is 9.63. The molecule has 0 aliphatic heterocycles. The molecule has 0 saturated carbocycles. The first-order valence-corrected chi connectivity index (χ1v) is 15.1. The molecule has 0 saturated heterocycles. The molecular weight excluding hydrogens is 569 g/mol. The summed E-state index contributed by atoms with van der Waals surface area (Å²) in [5.74, 6) is -1.00. The lowest BCUT2D eigenvalue weighted by Gasteiger charge is -2.33. The van der Waals surface area contributed by atoms with Gasteiger partial charge in [0, 0.05) is 17.6 Å². The van der Waals surface area contributed by atoms with Crippen LogP contribution >= 0.6 is 11.6 Å². The minimum absolute atomic E-state index is 0.0493. The Balaban J connectivity index is 2.06. The first-order valence-electron chi connectivity index (χ1n) is 13.3. The highest BCUT2D eigenvalue weighted by atomic mass is 35.5. The normalized spacial score (nSPS) is 12.1. The van der Waals surface area contributed by atoms with Crippen LogP contribution in [0.15, 0.2) is 77.7 Å². The van der Waals surface area contributed by atoms with E-state index in [2.05, 4.69) is 5.32 Å². The van der Waals surface area contributed by atoms with Crippen molar-refractivity contribution in [2.24, 2.45) is 0 Å². The maximum atomic E-state index is 14.0. The summed E-state index contributed by atoms with van der Waals surface area (Å²) < 4.78 is 47.7. The molecule has 0 radical (unpaired) electrons. The maximum Gasteiger partial charge on any atom is 0.264 e. The third kappa shape index (κ3) is 8.43. The SMILES string of the molecule is CCOc1ccc(N(CC(=O)N(Cc2ccc(Cl)cc2)C(CC)C(=O)NC(C)C)S(=O)(=O)c2ccc(F)cc2)cc1. The van der Waals surface area contributed by atoms with E-state index >= 15 is 0 Å². The van der Waals surface area contributed by atoms with Crippen LogP contribution in [0.2, 0.25) is 5.02 Å². The van der Waals surface area contributed by atoms with Crippen LogP contribution in [0.25, 0.3) is 0 Å². The van der Waals surface area contributed by atoms with E-state index in [9.17, 15) is 22.4 Å². The van der Waals surface area contributed by atoms with E-state index in [0.29, 0.717) is 29.4 Å². The second-order valence-corrected chi connectivity index (χ2v) is 11.9. The average Bonchev–Trinajstić information content (AvgIpc) is 2.93. The molecule has 1 unspecified atom stereocenters. The quantitative estimate of drug-likeness (QED) is 0.282. The number of rotatable bonds is 13. The second kappa shape index (κ2) is 14.3. The smallest absolute Gasteiger partial charge is 0.264 e. The zero-order valence-corrected chi connectivity index (χ0v) is 25.1. The minimum atomic E-state index is -4.31. The zero-order valence-electron chi connectivity index (χ0n) is 23.5. The molecule has 3 aromatic rings. The molecule has 0 aliphatic rings. The summed E-state index contributed by atoms with van der Waals surface area (Å²) in [5.41, 5.74) is 0.921. The van der Waals surface area contributed by atoms with Crippen LogP contribution in [0.4, 0.5) is 10.1 Å². The largest absolute Gasteiger partial charge is 0.494 e. The number of anilines is 1. The summed E-state index contributed by atoms with van der Waals surface area (Å²) in [6, 6.07) is 16.5. The highest BCUT2D eigenvalue weighted by Crippen LogP contribution is 2.27. The highest BCUT2D eigenvalue weighted by molar-refractivity contribution is 7.92. The number of carbonyl (C=O) groups is 2. The third-order valence-electron chi connectivity index (χ3n) is 6.20. The Labute approximate surface area is 246 Å². The number of nitrogens with one attached hydrogen (secondary N) is 1. The van der Waals surface area contributed by atoms with Gasteiger partial charge in [-0.15, -0.1) is 0 Å². The van der Waals surface area contributed by atoms with Gasteiger partial charge in [0.25, 0.3) is 10.0 Å². The molecule has 0 bridgehead atoms. The van der Waals surface area contributed by atoms with E-state index in [0.717, 1.165) is 28.6 Å². The van der Waals surface area contributed by atoms with E-state index in [1.165, 1.54) is 17.0 Å². The lowest BCUT2D eigenvalue weighted by atomic mass is 10.1. The lowest BCUT2D eigenvalue weighted by molar-refractivity contribution is -0.140. The van der Waals surface area contributed by atoms with Crippen LogP contribution in [0.3, 0.4) is 0 Å². The summed E-state index contributed by atoms with van der Waals surface area (Å²) in [6.07, 6.45) is 0.297. The molecule has 3 aromatic carbocycles. The molecule has 11 heteroatoms. The molecule has 1 N–H and O–H groups in total. The number of nitrogens with zero attached hydrogens (tertiary/aromatic N) is 2. The van der Waals surface area contributed by atoms with Crippen molar-refractivity contribution >= 4 is 39.1 Å². The number of ether oxygens (including phenoxy) is 1. The number of sulfonamides is 1. The van der Waals surface area contributed by atoms with E-state index in [1.54, 1.807) is 43.3 Å². The molecule has 3 rings (SSSR count). The highest BCUT2D eigenvalue weighted by Gasteiger charge is 2.34. The van der Waals surface area contributed by atoms with Gasteiger partial charge in [0.2, 0.25) is 11.8 Å². The number of hydrogen-bond acceptors (Lipinski definition) is 5. The van der Waals surface area contributed by atoms with Gasteiger partial charge in [-0.05, 0) is 93.4 Å². The molecule has 0 aromatic heterocycles. The molecule has 1 atom stereocenters. The van der Waals surface area contributed by atoms with Crippen molar-refractivity contribution < 1.29 is 27.1 Å². The van der Waals surface area contributed by atoms with Crippen molar-refractivity contribution in [3.63, 3.8) is 0 Å². The van der Waals surface area contributed by atoms with E-state index < -0.39 is 34.3 Å². The van der Waals surface area contributed by atoms with Gasteiger partial charge in [0.05, 0.1) is 17.2 Å². The number of carbonyl (C=O) groups excluding carboxylic acids is 2. The monoisotopic (exact) mass is 603 g/mol. The van der Waals surface area contributed by atoms with E-state index in [1.807, 2.05) is 20.8 Å². The fourth-order valence-electron chi connectivity index (χ4n) is 4.22. The predicted octanol–water partition coefficient (Wildman–Crippen LogP) is 5.41. The molecule has 2 amide bonds. The molecular formula is C30H35ClFN3O5S. The Morgan fingerprint density at radius 3 is 2.10 bits per heavy atom. The van der Waals surface area contributed by atoms with Gasteiger partial charge in [0.15, 0.2) is 0 Å². The Bertz CT molecular complexity index is 1420. The van der Waals surface area contributed by atoms with Gasteiger partial charge in [-0.3, -0.25) is 13.9 Å². The van der Waals surface area contributed by atoms with Crippen LogP contribution in [0, 0.1) is 5.82 Å². The first kappa shape index (κ1) is 31.9. The number of benzene rings is 3. The molecule has 0 aliphatic carbocycles. The van der Waals surface area contributed by atoms with Crippen LogP contribution in [0.1, 0.15) is 39.7 Å². The Morgan fingerprint density at radius 1 is 0.951 bits per heavy atom. The molecule has 0 fully saturated rings. The van der Waals surface area contributed by atoms with Gasteiger partial charge >= 0.3 is 0 Å². The molecule has 8 nitrogen and oxygen atoms in total. The van der Waals surface area contributed by atoms with Gasteiger partial charge in [-0.25, -0.2) is 12.8 Å². The third-order valence-corrected chi connectivity index (χ3v) is 8.24. The summed E-state index contributed by atoms with van der Waals surface area (Å²) in [4.78, 5) is 28.4. The zero-order chi connectivity index (χ0) is 30.2. The van der Waals surface area contributed by atoms with Gasteiger partial charge in [0.1, 0.15) is 24.2 Å². The van der Waals surface area contributed by atoms with Crippen molar-refractivity contribution in [1.82, 2.24) is 10.2 Å². The predicted molar refractivity (Wildman–Crippen MR) is 158 cm³/mol. The summed E-state index contributed by atoms with van der Waals surface area (Å²) >= 11 is 6.04. The summed E-state index contributed by atoms with van der Waals surface area (Å²) in [7, 11) is -4.31. The number of halogens is 2. The lowest BCUT2D eigenvalue weighted by Crippen LogP contribution is -2.53. The maximum absolute atomic E-state index is 14.0. The standard InChI is InChI=1S/C30H35ClFN3O5S/c1-5-28(30(37)33-21(3)4)34(19-22-7-9-23(31)10-8-22)29(36)20-35(25-13-15-26(16-14-25)40-6-2)41(38,39)27-17-11-24(32)12-18-27/h7-18,21,28H,5-6,19-20H2,1-4H3,(H,33,37). The van der Waals surface area contributed by atoms with Crippen molar-refractivity contribution in [2.45, 2.75) is 57.6 Å². The first-order chi connectivity index (χ1) is 19.5. The summed E-state index contributed by atoms with van der Waals surface area (Å²) in [6.45, 7) is 7.11. The molecule has 41 heavy (non-hydrogen) atoms. The fourth-order valence-corrected chi connectivity index (χ4v) is 5.76. The number of amides is 2. The van der Waals surface area contributed by atoms with Gasteiger partial charge in [-0.1, -0.05) is 30.7 Å². The van der Waals surface area contributed by atoms with Crippen LogP contribution in [-0.2, 0) is 26.2 Å². The van der Waals surface area contributed by atoms with Crippen molar-refractivity contribution in [2.75, 3.05) is 17.5 Å². The molecule has 0 heterocycles. The molecule has 220 valence electrons. The fraction of sp³-hybridized carbons (Fsp3) is 0.333. The summed E-state index contributed by atoms with van der Waals surface area (Å²) in [5, 5.41) is 3.37. The Kier molecular flexibility index (Phi) is 11.1. The Morgan fingerprint density at radius 2 is 1.56 bits per heavy atom.